The number of ether oxygens (including phenoxy) is 1. The lowest BCUT2D eigenvalue weighted by molar-refractivity contribution is -0.0350. The van der Waals surface area contributed by atoms with Gasteiger partial charge in [0.15, 0.2) is 6.29 Å². The second kappa shape index (κ2) is 12.0. The maximum absolute atomic E-state index is 13.2. The van der Waals surface area contributed by atoms with Crippen LogP contribution in [-0.4, -0.2) is 46.9 Å². The largest absolute Gasteiger partial charge is 0.365 e. The number of aliphatic hydroxyl groups is 1. The Morgan fingerprint density at radius 2 is 1.75 bits per heavy atom. The molecule has 0 saturated carbocycles. The number of nitrogens with one attached hydrogen (secondary N) is 2. The third kappa shape index (κ3) is 6.47. The van der Waals surface area contributed by atoms with Crippen LogP contribution < -0.4 is 5.32 Å². The third-order valence-corrected chi connectivity index (χ3v) is 5.92. The summed E-state index contributed by atoms with van der Waals surface area (Å²) in [4.78, 5) is 30.7. The zero-order chi connectivity index (χ0) is 25.3. The number of carbonyl (C=O) groups is 2. The molecule has 0 aliphatic heterocycles. The molecule has 4 rings (SSSR count). The molecule has 1 atom stereocenters. The fraction of sp³-hybridized carbons (Fsp3) is 0.172. The Balaban J connectivity index is 1.49. The molecule has 7 heteroatoms. The molecule has 0 saturated heterocycles. The summed E-state index contributed by atoms with van der Waals surface area (Å²) in [5, 5.41) is 13.2. The van der Waals surface area contributed by atoms with E-state index < -0.39 is 18.2 Å². The van der Waals surface area contributed by atoms with Crippen molar-refractivity contribution in [3.8, 4) is 0 Å². The van der Waals surface area contributed by atoms with Crippen LogP contribution in [0.1, 0.15) is 27.0 Å². The Labute approximate surface area is 210 Å². The lowest BCUT2D eigenvalue weighted by Gasteiger charge is -2.23. The SMILES string of the molecule is COC(O)/C=C/c1ccc(CN(CCc2c[nH]c3ccccc23)C(=O)NC(=O)c2ccccc2)cc1. The minimum Gasteiger partial charge on any atom is -0.365 e. The Kier molecular flexibility index (Phi) is 8.28. The highest BCUT2D eigenvalue weighted by Gasteiger charge is 2.18. The zero-order valence-corrected chi connectivity index (χ0v) is 20.1. The van der Waals surface area contributed by atoms with E-state index in [-0.39, 0.29) is 0 Å². The number of fused-ring (bicyclic) bond motifs is 1. The summed E-state index contributed by atoms with van der Waals surface area (Å²) >= 11 is 0. The van der Waals surface area contributed by atoms with E-state index in [1.807, 2.05) is 54.7 Å². The van der Waals surface area contributed by atoms with E-state index in [1.165, 1.54) is 7.11 Å². The predicted molar refractivity (Wildman–Crippen MR) is 140 cm³/mol. The van der Waals surface area contributed by atoms with Gasteiger partial charge in [0.2, 0.25) is 0 Å². The van der Waals surface area contributed by atoms with E-state index in [0.29, 0.717) is 25.1 Å². The van der Waals surface area contributed by atoms with E-state index >= 15 is 0 Å². The summed E-state index contributed by atoms with van der Waals surface area (Å²) in [6, 6.07) is 23.9. The van der Waals surface area contributed by atoms with E-state index in [2.05, 4.69) is 16.4 Å². The van der Waals surface area contributed by atoms with Crippen LogP contribution in [-0.2, 0) is 17.7 Å². The fourth-order valence-electron chi connectivity index (χ4n) is 3.91. The number of carbonyl (C=O) groups excluding carboxylic acids is 2. The maximum Gasteiger partial charge on any atom is 0.324 e. The monoisotopic (exact) mass is 483 g/mol. The highest BCUT2D eigenvalue weighted by atomic mass is 16.6. The molecule has 3 amide bonds. The van der Waals surface area contributed by atoms with Crippen molar-refractivity contribution >= 4 is 28.9 Å². The van der Waals surface area contributed by atoms with Crippen molar-refractivity contribution in [3.63, 3.8) is 0 Å². The number of urea groups is 1. The first-order chi connectivity index (χ1) is 17.5. The summed E-state index contributed by atoms with van der Waals surface area (Å²) in [6.07, 6.45) is 4.94. The molecule has 36 heavy (non-hydrogen) atoms. The lowest BCUT2D eigenvalue weighted by Crippen LogP contribution is -2.43. The molecule has 1 unspecified atom stereocenters. The normalized spacial score (nSPS) is 12.1. The molecule has 0 radical (unpaired) electrons. The first-order valence-electron chi connectivity index (χ1n) is 11.7. The standard InChI is InChI=1S/C29H29N3O4/c1-36-27(33)16-15-21-11-13-22(14-12-21)20-32(29(35)31-28(34)23-7-3-2-4-8-23)18-17-24-19-30-26-10-6-5-9-25(24)26/h2-16,19,27,30,33H,17-18,20H2,1H3,(H,31,34,35)/b16-15+. The number of aromatic amines is 1. The number of aliphatic hydroxyl groups excluding tert-OH is 1. The van der Waals surface area contributed by atoms with Gasteiger partial charge in [-0.3, -0.25) is 10.1 Å². The topological polar surface area (TPSA) is 94.7 Å². The molecule has 1 aromatic heterocycles. The van der Waals surface area contributed by atoms with E-state index in [0.717, 1.165) is 27.6 Å². The van der Waals surface area contributed by atoms with Crippen molar-refractivity contribution in [1.29, 1.82) is 0 Å². The van der Waals surface area contributed by atoms with Crippen LogP contribution in [0.25, 0.3) is 17.0 Å². The number of para-hydroxylation sites is 1. The van der Waals surface area contributed by atoms with Crippen LogP contribution in [0.4, 0.5) is 4.79 Å². The van der Waals surface area contributed by atoms with E-state index in [1.54, 1.807) is 41.3 Å². The number of methoxy groups -OCH3 is 1. The average Bonchev–Trinajstić information content (AvgIpc) is 3.33. The molecule has 1 heterocycles. The number of aromatic nitrogens is 1. The van der Waals surface area contributed by atoms with Gasteiger partial charge in [-0.2, -0.15) is 0 Å². The van der Waals surface area contributed by atoms with Crippen LogP contribution in [0.15, 0.2) is 91.1 Å². The Bertz CT molecular complexity index is 1330. The zero-order valence-electron chi connectivity index (χ0n) is 20.1. The molecule has 0 aliphatic carbocycles. The Hall–Kier alpha value is -4.20. The fourth-order valence-corrected chi connectivity index (χ4v) is 3.91. The highest BCUT2D eigenvalue weighted by molar-refractivity contribution is 6.04. The minimum atomic E-state index is -0.962. The van der Waals surface area contributed by atoms with Gasteiger partial charge in [-0.15, -0.1) is 0 Å². The lowest BCUT2D eigenvalue weighted by atomic mass is 10.1. The molecule has 184 valence electrons. The molecule has 7 nitrogen and oxygen atoms in total. The maximum atomic E-state index is 13.2. The molecular weight excluding hydrogens is 454 g/mol. The van der Waals surface area contributed by atoms with Gasteiger partial charge in [0.1, 0.15) is 0 Å². The van der Waals surface area contributed by atoms with Crippen molar-refractivity contribution < 1.29 is 19.4 Å². The number of imide groups is 1. The van der Waals surface area contributed by atoms with E-state index in [9.17, 15) is 14.7 Å². The summed E-state index contributed by atoms with van der Waals surface area (Å²) in [5.41, 5.74) is 4.39. The molecule has 0 aliphatic rings. The first-order valence-corrected chi connectivity index (χ1v) is 11.7. The summed E-state index contributed by atoms with van der Waals surface area (Å²) in [5.74, 6) is -0.435. The summed E-state index contributed by atoms with van der Waals surface area (Å²) in [7, 11) is 1.43. The van der Waals surface area contributed by atoms with Crippen LogP contribution in [0.5, 0.6) is 0 Å². The first kappa shape index (κ1) is 24.9. The number of amides is 3. The molecular formula is C29H29N3O4. The van der Waals surface area contributed by atoms with Gasteiger partial charge in [0, 0.05) is 42.9 Å². The van der Waals surface area contributed by atoms with Gasteiger partial charge in [-0.25, -0.2) is 4.79 Å². The molecule has 3 aromatic carbocycles. The summed E-state index contributed by atoms with van der Waals surface area (Å²) < 4.78 is 4.81. The number of nitrogens with zero attached hydrogens (tertiary/aromatic N) is 1. The van der Waals surface area contributed by atoms with Crippen LogP contribution >= 0.6 is 0 Å². The number of hydrogen-bond donors (Lipinski definition) is 3. The molecule has 0 fully saturated rings. The number of rotatable bonds is 9. The van der Waals surface area contributed by atoms with Gasteiger partial charge in [0.25, 0.3) is 5.91 Å². The van der Waals surface area contributed by atoms with Crippen molar-refractivity contribution in [2.24, 2.45) is 0 Å². The third-order valence-electron chi connectivity index (χ3n) is 5.92. The second-order valence-electron chi connectivity index (χ2n) is 8.38. The molecule has 3 N–H and O–H groups in total. The van der Waals surface area contributed by atoms with Gasteiger partial charge >= 0.3 is 6.03 Å². The number of H-pyrrole nitrogens is 1. The predicted octanol–water partition coefficient (Wildman–Crippen LogP) is 4.74. The molecule has 4 aromatic rings. The van der Waals surface area contributed by atoms with Crippen molar-refractivity contribution in [2.45, 2.75) is 19.3 Å². The molecule has 0 spiro atoms. The number of hydrogen-bond acceptors (Lipinski definition) is 4. The van der Waals surface area contributed by atoms with Gasteiger partial charge < -0.3 is 19.7 Å². The average molecular weight is 484 g/mol. The van der Waals surface area contributed by atoms with Crippen LogP contribution in [0.2, 0.25) is 0 Å². The Morgan fingerprint density at radius 3 is 2.50 bits per heavy atom. The number of benzene rings is 3. The van der Waals surface area contributed by atoms with Crippen molar-refractivity contribution in [2.75, 3.05) is 13.7 Å². The smallest absolute Gasteiger partial charge is 0.324 e. The van der Waals surface area contributed by atoms with Crippen molar-refractivity contribution in [1.82, 2.24) is 15.2 Å². The van der Waals surface area contributed by atoms with E-state index in [4.69, 9.17) is 4.74 Å². The summed E-state index contributed by atoms with van der Waals surface area (Å²) in [6.45, 7) is 0.762. The van der Waals surface area contributed by atoms with Gasteiger partial charge in [-0.1, -0.05) is 66.7 Å². The Morgan fingerprint density at radius 1 is 1.03 bits per heavy atom. The highest BCUT2D eigenvalue weighted by Crippen LogP contribution is 2.19. The second-order valence-corrected chi connectivity index (χ2v) is 8.38. The van der Waals surface area contributed by atoms with Crippen molar-refractivity contribution in [3.05, 3.63) is 113 Å². The van der Waals surface area contributed by atoms with Crippen LogP contribution in [0, 0.1) is 0 Å². The minimum absolute atomic E-state index is 0.334. The van der Waals surface area contributed by atoms with Gasteiger partial charge in [0.05, 0.1) is 0 Å². The van der Waals surface area contributed by atoms with Crippen LogP contribution in [0.3, 0.4) is 0 Å². The molecule has 0 bridgehead atoms. The van der Waals surface area contributed by atoms with Gasteiger partial charge in [-0.05, 0) is 47.4 Å². The quantitative estimate of drug-likeness (QED) is 0.300.